The molecule has 1 heterocycles. The van der Waals surface area contributed by atoms with Crippen molar-refractivity contribution in [2.45, 2.75) is 19.9 Å². The van der Waals surface area contributed by atoms with Crippen LogP contribution in [0.3, 0.4) is 0 Å². The molecule has 0 bridgehead atoms. The van der Waals surface area contributed by atoms with Crippen LogP contribution in [-0.4, -0.2) is 10.9 Å². The maximum absolute atomic E-state index is 12.9. The molecule has 3 rings (SSSR count). The Morgan fingerprint density at radius 1 is 1.12 bits per heavy atom. The topological polar surface area (TPSA) is 42.0 Å². The van der Waals surface area contributed by atoms with Crippen molar-refractivity contribution >= 4 is 17.2 Å². The minimum atomic E-state index is -0.354. The first-order valence-electron chi connectivity index (χ1n) is 7.63. The molecule has 1 amide bonds. The molecule has 1 aromatic heterocycles. The standard InChI is InChI=1S/C19H17FN2OS/c1-13-2-4-14(5-3-13)10-17-11-21-18(24-17)12-22-19(23)15-6-8-16(20)9-7-15/h2-9,11H,10,12H2,1H3,(H,22,23). The van der Waals surface area contributed by atoms with Crippen LogP contribution in [0.2, 0.25) is 0 Å². The van der Waals surface area contributed by atoms with Crippen LogP contribution >= 0.6 is 11.3 Å². The van der Waals surface area contributed by atoms with Gasteiger partial charge in [0.1, 0.15) is 10.8 Å². The van der Waals surface area contributed by atoms with E-state index in [-0.39, 0.29) is 11.7 Å². The summed E-state index contributed by atoms with van der Waals surface area (Å²) < 4.78 is 12.9. The van der Waals surface area contributed by atoms with Gasteiger partial charge in [0.25, 0.3) is 5.91 Å². The summed E-state index contributed by atoms with van der Waals surface area (Å²) in [7, 11) is 0. The van der Waals surface area contributed by atoms with Crippen LogP contribution in [0, 0.1) is 12.7 Å². The van der Waals surface area contributed by atoms with Crippen molar-refractivity contribution in [1.82, 2.24) is 10.3 Å². The number of nitrogens with zero attached hydrogens (tertiary/aromatic N) is 1. The maximum atomic E-state index is 12.9. The summed E-state index contributed by atoms with van der Waals surface area (Å²) in [5.74, 6) is -0.586. The van der Waals surface area contributed by atoms with Crippen LogP contribution in [-0.2, 0) is 13.0 Å². The quantitative estimate of drug-likeness (QED) is 0.759. The molecule has 0 aliphatic heterocycles. The van der Waals surface area contributed by atoms with Crippen molar-refractivity contribution in [2.24, 2.45) is 0 Å². The lowest BCUT2D eigenvalue weighted by Gasteiger charge is -2.03. The predicted octanol–water partition coefficient (Wildman–Crippen LogP) is 4.11. The van der Waals surface area contributed by atoms with E-state index in [2.05, 4.69) is 41.5 Å². The van der Waals surface area contributed by atoms with Gasteiger partial charge < -0.3 is 5.32 Å². The van der Waals surface area contributed by atoms with Crippen molar-refractivity contribution < 1.29 is 9.18 Å². The highest BCUT2D eigenvalue weighted by Crippen LogP contribution is 2.18. The van der Waals surface area contributed by atoms with E-state index >= 15 is 0 Å². The lowest BCUT2D eigenvalue weighted by molar-refractivity contribution is 0.0951. The summed E-state index contributed by atoms with van der Waals surface area (Å²) in [5.41, 5.74) is 2.92. The van der Waals surface area contributed by atoms with Gasteiger partial charge in [-0.1, -0.05) is 29.8 Å². The van der Waals surface area contributed by atoms with Gasteiger partial charge in [-0.05, 0) is 36.8 Å². The monoisotopic (exact) mass is 340 g/mol. The molecule has 0 saturated heterocycles. The fraction of sp³-hybridized carbons (Fsp3) is 0.158. The summed E-state index contributed by atoms with van der Waals surface area (Å²) in [6, 6.07) is 13.9. The minimum Gasteiger partial charge on any atom is -0.346 e. The van der Waals surface area contributed by atoms with Gasteiger partial charge in [-0.2, -0.15) is 0 Å². The van der Waals surface area contributed by atoms with E-state index in [1.54, 1.807) is 11.3 Å². The van der Waals surface area contributed by atoms with Crippen LogP contribution < -0.4 is 5.32 Å². The highest BCUT2D eigenvalue weighted by Gasteiger charge is 2.08. The van der Waals surface area contributed by atoms with Gasteiger partial charge in [-0.3, -0.25) is 4.79 Å². The second kappa shape index (κ2) is 7.36. The molecule has 0 spiro atoms. The number of aromatic nitrogens is 1. The number of rotatable bonds is 5. The largest absolute Gasteiger partial charge is 0.346 e. The molecule has 0 aliphatic carbocycles. The van der Waals surface area contributed by atoms with Crippen molar-refractivity contribution in [3.05, 3.63) is 87.1 Å². The first kappa shape index (κ1) is 16.3. The van der Waals surface area contributed by atoms with Gasteiger partial charge in [-0.15, -0.1) is 11.3 Å². The highest BCUT2D eigenvalue weighted by molar-refractivity contribution is 7.11. The van der Waals surface area contributed by atoms with Crippen LogP contribution in [0.15, 0.2) is 54.7 Å². The number of halogens is 1. The molecule has 0 radical (unpaired) electrons. The number of thiazole rings is 1. The Labute approximate surface area is 144 Å². The van der Waals surface area contributed by atoms with Crippen LogP contribution in [0.5, 0.6) is 0 Å². The van der Waals surface area contributed by atoms with Crippen molar-refractivity contribution in [3.63, 3.8) is 0 Å². The van der Waals surface area contributed by atoms with Crippen molar-refractivity contribution in [1.29, 1.82) is 0 Å². The van der Waals surface area contributed by atoms with E-state index in [0.29, 0.717) is 12.1 Å². The average Bonchev–Trinajstić information content (AvgIpc) is 3.03. The Morgan fingerprint density at radius 3 is 2.54 bits per heavy atom. The number of hydrogen-bond donors (Lipinski definition) is 1. The molecule has 3 nitrogen and oxygen atoms in total. The van der Waals surface area contributed by atoms with E-state index in [4.69, 9.17) is 0 Å². The molecular weight excluding hydrogens is 323 g/mol. The molecule has 2 aromatic carbocycles. The number of aryl methyl sites for hydroxylation is 1. The minimum absolute atomic E-state index is 0.231. The fourth-order valence-electron chi connectivity index (χ4n) is 2.28. The Balaban J connectivity index is 1.56. The van der Waals surface area contributed by atoms with Gasteiger partial charge in [0.05, 0.1) is 6.54 Å². The van der Waals surface area contributed by atoms with E-state index < -0.39 is 0 Å². The Bertz CT molecular complexity index is 825. The molecule has 0 unspecified atom stereocenters. The summed E-state index contributed by atoms with van der Waals surface area (Å²) in [6.07, 6.45) is 2.69. The molecule has 0 atom stereocenters. The third-order valence-corrected chi connectivity index (χ3v) is 4.60. The smallest absolute Gasteiger partial charge is 0.251 e. The molecule has 1 N–H and O–H groups in total. The Morgan fingerprint density at radius 2 is 1.83 bits per heavy atom. The lowest BCUT2D eigenvalue weighted by Crippen LogP contribution is -2.22. The first-order chi connectivity index (χ1) is 11.6. The van der Waals surface area contributed by atoms with E-state index in [9.17, 15) is 9.18 Å². The van der Waals surface area contributed by atoms with Gasteiger partial charge >= 0.3 is 0 Å². The molecule has 0 aliphatic rings. The van der Waals surface area contributed by atoms with Crippen LogP contribution in [0.25, 0.3) is 0 Å². The van der Waals surface area contributed by atoms with Gasteiger partial charge in [0.2, 0.25) is 0 Å². The Hall–Kier alpha value is -2.53. The number of nitrogens with one attached hydrogen (secondary N) is 1. The van der Waals surface area contributed by atoms with Crippen molar-refractivity contribution in [3.8, 4) is 0 Å². The molecule has 122 valence electrons. The molecule has 24 heavy (non-hydrogen) atoms. The predicted molar refractivity (Wildman–Crippen MR) is 93.7 cm³/mol. The summed E-state index contributed by atoms with van der Waals surface area (Å²) in [6.45, 7) is 2.44. The maximum Gasteiger partial charge on any atom is 0.251 e. The zero-order valence-corrected chi connectivity index (χ0v) is 14.1. The number of hydrogen-bond acceptors (Lipinski definition) is 3. The summed E-state index contributed by atoms with van der Waals surface area (Å²) >= 11 is 1.59. The number of carbonyl (C=O) groups is 1. The van der Waals surface area contributed by atoms with Gasteiger partial charge in [0, 0.05) is 23.1 Å². The Kier molecular flexibility index (Phi) is 5.01. The number of benzene rings is 2. The molecule has 5 heteroatoms. The van der Waals surface area contributed by atoms with Crippen molar-refractivity contribution in [2.75, 3.05) is 0 Å². The highest BCUT2D eigenvalue weighted by atomic mass is 32.1. The average molecular weight is 340 g/mol. The van der Waals surface area contributed by atoms with Crippen LogP contribution in [0.1, 0.15) is 31.4 Å². The lowest BCUT2D eigenvalue weighted by atomic mass is 10.1. The number of amides is 1. The molecule has 0 saturated carbocycles. The third kappa shape index (κ3) is 4.26. The second-order valence-corrected chi connectivity index (χ2v) is 6.77. The van der Waals surface area contributed by atoms with E-state index in [0.717, 1.165) is 16.3 Å². The van der Waals surface area contributed by atoms with E-state index in [1.807, 2.05) is 6.20 Å². The SMILES string of the molecule is Cc1ccc(Cc2cnc(CNC(=O)c3ccc(F)cc3)s2)cc1. The van der Waals surface area contributed by atoms with E-state index in [1.165, 1.54) is 35.4 Å². The third-order valence-electron chi connectivity index (χ3n) is 3.61. The first-order valence-corrected chi connectivity index (χ1v) is 8.45. The zero-order chi connectivity index (χ0) is 16.9. The second-order valence-electron chi connectivity index (χ2n) is 5.57. The van der Waals surface area contributed by atoms with Crippen LogP contribution in [0.4, 0.5) is 4.39 Å². The molecule has 0 fully saturated rings. The van der Waals surface area contributed by atoms with Gasteiger partial charge in [-0.25, -0.2) is 9.37 Å². The fourth-order valence-corrected chi connectivity index (χ4v) is 3.17. The normalized spacial score (nSPS) is 10.6. The zero-order valence-electron chi connectivity index (χ0n) is 13.3. The number of carbonyl (C=O) groups excluding carboxylic acids is 1. The summed E-state index contributed by atoms with van der Waals surface area (Å²) in [4.78, 5) is 17.5. The molecule has 3 aromatic rings. The summed E-state index contributed by atoms with van der Waals surface area (Å²) in [5, 5.41) is 3.66. The van der Waals surface area contributed by atoms with Gasteiger partial charge in [0.15, 0.2) is 0 Å². The molecular formula is C19H17FN2OS.